The predicted octanol–water partition coefficient (Wildman–Crippen LogP) is 3.75. The Hall–Kier alpha value is -0.0800. The molecule has 1 saturated carbocycles. The van der Waals surface area contributed by atoms with Crippen molar-refractivity contribution >= 4 is 0 Å². The largest absolute Gasteiger partial charge is 0.375 e. The van der Waals surface area contributed by atoms with Crippen molar-refractivity contribution in [1.82, 2.24) is 5.32 Å². The zero-order valence-corrected chi connectivity index (χ0v) is 12.5. The van der Waals surface area contributed by atoms with E-state index in [9.17, 15) is 0 Å². The Labute approximate surface area is 113 Å². The summed E-state index contributed by atoms with van der Waals surface area (Å²) in [5, 5.41) is 3.82. The van der Waals surface area contributed by atoms with E-state index >= 15 is 0 Å². The van der Waals surface area contributed by atoms with E-state index < -0.39 is 0 Å². The third kappa shape index (κ3) is 3.96. The smallest absolute Gasteiger partial charge is 0.0666 e. The van der Waals surface area contributed by atoms with Gasteiger partial charge in [0.2, 0.25) is 0 Å². The molecule has 0 amide bonds. The molecule has 1 heterocycles. The van der Waals surface area contributed by atoms with Crippen molar-refractivity contribution in [2.75, 3.05) is 13.2 Å². The number of nitrogens with one attached hydrogen (secondary N) is 1. The van der Waals surface area contributed by atoms with Crippen LogP contribution in [0.3, 0.4) is 0 Å². The first kappa shape index (κ1) is 14.3. The van der Waals surface area contributed by atoms with Crippen molar-refractivity contribution in [3.05, 3.63) is 0 Å². The van der Waals surface area contributed by atoms with Crippen LogP contribution in [-0.2, 0) is 4.74 Å². The summed E-state index contributed by atoms with van der Waals surface area (Å²) in [5.41, 5.74) is 0.121. The molecule has 0 bridgehead atoms. The molecule has 2 fully saturated rings. The SMILES string of the molecule is CCC1(C)CC(NCC2CCCC(C)C2)CCO1. The second kappa shape index (κ2) is 6.38. The van der Waals surface area contributed by atoms with Crippen molar-refractivity contribution < 1.29 is 4.74 Å². The van der Waals surface area contributed by atoms with Crippen LogP contribution in [-0.4, -0.2) is 24.8 Å². The summed E-state index contributed by atoms with van der Waals surface area (Å²) < 4.78 is 5.91. The molecular formula is C16H31NO. The fourth-order valence-corrected chi connectivity index (χ4v) is 3.63. The van der Waals surface area contributed by atoms with Gasteiger partial charge in [-0.25, -0.2) is 0 Å². The van der Waals surface area contributed by atoms with Crippen LogP contribution < -0.4 is 5.32 Å². The summed E-state index contributed by atoms with van der Waals surface area (Å²) in [6.45, 7) is 9.08. The summed E-state index contributed by atoms with van der Waals surface area (Å²) in [6, 6.07) is 0.681. The van der Waals surface area contributed by atoms with Crippen molar-refractivity contribution in [1.29, 1.82) is 0 Å². The average Bonchev–Trinajstić information content (AvgIpc) is 2.37. The van der Waals surface area contributed by atoms with E-state index in [4.69, 9.17) is 4.74 Å². The lowest BCUT2D eigenvalue weighted by Crippen LogP contribution is -2.46. The van der Waals surface area contributed by atoms with Crippen molar-refractivity contribution in [3.63, 3.8) is 0 Å². The van der Waals surface area contributed by atoms with Gasteiger partial charge in [-0.05, 0) is 57.4 Å². The van der Waals surface area contributed by atoms with E-state index in [0.717, 1.165) is 24.9 Å². The maximum atomic E-state index is 5.91. The summed E-state index contributed by atoms with van der Waals surface area (Å²) in [5.74, 6) is 1.87. The molecule has 18 heavy (non-hydrogen) atoms. The second-order valence-electron chi connectivity index (χ2n) is 6.89. The molecule has 1 aliphatic carbocycles. The Kier molecular flexibility index (Phi) is 5.08. The molecule has 0 radical (unpaired) electrons. The monoisotopic (exact) mass is 253 g/mol. The van der Waals surface area contributed by atoms with Gasteiger partial charge >= 0.3 is 0 Å². The van der Waals surface area contributed by atoms with Gasteiger partial charge in [-0.2, -0.15) is 0 Å². The van der Waals surface area contributed by atoms with Crippen LogP contribution in [0.25, 0.3) is 0 Å². The van der Waals surface area contributed by atoms with Gasteiger partial charge in [-0.1, -0.05) is 26.7 Å². The van der Waals surface area contributed by atoms with E-state index in [2.05, 4.69) is 26.1 Å². The lowest BCUT2D eigenvalue weighted by molar-refractivity contribution is -0.0783. The van der Waals surface area contributed by atoms with Crippen LogP contribution in [0.4, 0.5) is 0 Å². The number of hydrogen-bond donors (Lipinski definition) is 1. The number of rotatable bonds is 4. The van der Waals surface area contributed by atoms with Gasteiger partial charge in [0.25, 0.3) is 0 Å². The van der Waals surface area contributed by atoms with Crippen molar-refractivity contribution in [2.24, 2.45) is 11.8 Å². The summed E-state index contributed by atoms with van der Waals surface area (Å²) in [6.07, 6.45) is 9.26. The first-order valence-electron chi connectivity index (χ1n) is 7.98. The number of ether oxygens (including phenoxy) is 1. The van der Waals surface area contributed by atoms with E-state index in [1.54, 1.807) is 0 Å². The molecule has 4 atom stereocenters. The summed E-state index contributed by atoms with van der Waals surface area (Å²) in [4.78, 5) is 0. The van der Waals surface area contributed by atoms with Crippen molar-refractivity contribution in [3.8, 4) is 0 Å². The van der Waals surface area contributed by atoms with Gasteiger partial charge < -0.3 is 10.1 Å². The molecule has 2 rings (SSSR count). The zero-order valence-electron chi connectivity index (χ0n) is 12.5. The van der Waals surface area contributed by atoms with Gasteiger partial charge in [-0.15, -0.1) is 0 Å². The maximum Gasteiger partial charge on any atom is 0.0666 e. The second-order valence-corrected chi connectivity index (χ2v) is 6.89. The normalized spacial score (nSPS) is 41.8. The molecule has 1 saturated heterocycles. The molecule has 0 aromatic heterocycles. The van der Waals surface area contributed by atoms with Crippen LogP contribution in [0.15, 0.2) is 0 Å². The van der Waals surface area contributed by atoms with Crippen LogP contribution in [0.5, 0.6) is 0 Å². The Morgan fingerprint density at radius 2 is 2.11 bits per heavy atom. The first-order chi connectivity index (χ1) is 8.61. The highest BCUT2D eigenvalue weighted by atomic mass is 16.5. The van der Waals surface area contributed by atoms with Gasteiger partial charge in [0.05, 0.1) is 5.60 Å². The molecule has 0 spiro atoms. The highest BCUT2D eigenvalue weighted by Crippen LogP contribution is 2.30. The van der Waals surface area contributed by atoms with Crippen LogP contribution in [0, 0.1) is 11.8 Å². The molecule has 1 aliphatic heterocycles. The highest BCUT2D eigenvalue weighted by molar-refractivity contribution is 4.86. The lowest BCUT2D eigenvalue weighted by Gasteiger charge is -2.39. The quantitative estimate of drug-likeness (QED) is 0.824. The van der Waals surface area contributed by atoms with Crippen LogP contribution in [0.2, 0.25) is 0 Å². The van der Waals surface area contributed by atoms with E-state index in [1.165, 1.54) is 45.1 Å². The fraction of sp³-hybridized carbons (Fsp3) is 1.00. The lowest BCUT2D eigenvalue weighted by atomic mass is 9.82. The zero-order chi connectivity index (χ0) is 13.0. The fourth-order valence-electron chi connectivity index (χ4n) is 3.63. The molecular weight excluding hydrogens is 222 g/mol. The van der Waals surface area contributed by atoms with Gasteiger partial charge in [0, 0.05) is 12.6 Å². The van der Waals surface area contributed by atoms with Gasteiger partial charge in [-0.3, -0.25) is 0 Å². The Morgan fingerprint density at radius 3 is 2.83 bits per heavy atom. The molecule has 4 unspecified atom stereocenters. The summed E-state index contributed by atoms with van der Waals surface area (Å²) >= 11 is 0. The van der Waals surface area contributed by atoms with E-state index in [0.29, 0.717) is 6.04 Å². The summed E-state index contributed by atoms with van der Waals surface area (Å²) in [7, 11) is 0. The Balaban J connectivity index is 1.72. The maximum absolute atomic E-state index is 5.91. The highest BCUT2D eigenvalue weighted by Gasteiger charge is 2.31. The standard InChI is InChI=1S/C16H31NO/c1-4-16(3)11-15(8-9-18-16)17-12-14-7-5-6-13(2)10-14/h13-15,17H,4-12H2,1-3H3. The third-order valence-corrected chi connectivity index (χ3v) is 5.08. The van der Waals surface area contributed by atoms with E-state index in [-0.39, 0.29) is 5.60 Å². The molecule has 0 aromatic carbocycles. The van der Waals surface area contributed by atoms with Crippen LogP contribution in [0.1, 0.15) is 65.7 Å². The van der Waals surface area contributed by atoms with Gasteiger partial charge in [0.15, 0.2) is 0 Å². The molecule has 2 nitrogen and oxygen atoms in total. The molecule has 0 aromatic rings. The number of hydrogen-bond acceptors (Lipinski definition) is 2. The first-order valence-corrected chi connectivity index (χ1v) is 7.98. The Bertz CT molecular complexity index is 255. The molecule has 106 valence electrons. The Morgan fingerprint density at radius 1 is 1.28 bits per heavy atom. The molecule has 1 N–H and O–H groups in total. The predicted molar refractivity (Wildman–Crippen MR) is 76.8 cm³/mol. The minimum atomic E-state index is 0.121. The van der Waals surface area contributed by atoms with Crippen LogP contribution >= 0.6 is 0 Å². The molecule has 2 heteroatoms. The molecule has 2 aliphatic rings. The van der Waals surface area contributed by atoms with E-state index in [1.807, 2.05) is 0 Å². The minimum Gasteiger partial charge on any atom is -0.375 e. The topological polar surface area (TPSA) is 21.3 Å². The average molecular weight is 253 g/mol. The minimum absolute atomic E-state index is 0.121. The third-order valence-electron chi connectivity index (χ3n) is 5.08. The van der Waals surface area contributed by atoms with Gasteiger partial charge in [0.1, 0.15) is 0 Å². The van der Waals surface area contributed by atoms with Crippen molar-refractivity contribution in [2.45, 2.75) is 77.4 Å².